The number of nitrogens with zero attached hydrogens (tertiary/aromatic N) is 1. The topological polar surface area (TPSA) is 58.7 Å². The molecule has 0 aliphatic carbocycles. The Labute approximate surface area is 111 Å². The van der Waals surface area contributed by atoms with Crippen LogP contribution in [0.2, 0.25) is 0 Å². The van der Waals surface area contributed by atoms with Crippen molar-refractivity contribution in [3.63, 3.8) is 0 Å². The zero-order valence-electron chi connectivity index (χ0n) is 12.6. The summed E-state index contributed by atoms with van der Waals surface area (Å²) < 4.78 is 23.2. The zero-order valence-corrected chi connectivity index (χ0v) is 13.5. The Morgan fingerprint density at radius 2 is 1.39 bits per heavy atom. The molecule has 0 aromatic heterocycles. The van der Waals surface area contributed by atoms with E-state index in [1.54, 1.807) is 27.7 Å². The van der Waals surface area contributed by atoms with Crippen molar-refractivity contribution < 1.29 is 18.8 Å². The summed E-state index contributed by atoms with van der Waals surface area (Å²) in [5.74, 6) is 0. The smallest absolute Gasteiger partial charge is 0.308 e. The van der Waals surface area contributed by atoms with Crippen LogP contribution in [-0.4, -0.2) is 30.1 Å². The predicted octanol–water partition coefficient (Wildman–Crippen LogP) is 3.68. The fourth-order valence-corrected chi connectivity index (χ4v) is 3.18. The van der Waals surface area contributed by atoms with E-state index in [-0.39, 0.29) is 25.2 Å². The molecule has 0 aromatic carbocycles. The van der Waals surface area contributed by atoms with Gasteiger partial charge in [0, 0.05) is 6.54 Å². The molecule has 0 bridgehead atoms. The SMILES string of the molecule is CCOP(=O)(OCC)C(C)(C)N([O])CC(C)(C)C. The molecule has 6 heteroatoms. The first-order chi connectivity index (χ1) is 8.00. The third kappa shape index (κ3) is 4.63. The Bertz CT molecular complexity index is 289. The van der Waals surface area contributed by atoms with Gasteiger partial charge in [-0.15, -0.1) is 10.3 Å². The van der Waals surface area contributed by atoms with Gasteiger partial charge in [0.2, 0.25) is 0 Å². The fraction of sp³-hybridized carbons (Fsp3) is 1.00. The first-order valence-electron chi connectivity index (χ1n) is 6.34. The summed E-state index contributed by atoms with van der Waals surface area (Å²) in [6, 6.07) is 0. The summed E-state index contributed by atoms with van der Waals surface area (Å²) in [5.41, 5.74) is -0.178. The fourth-order valence-electron chi connectivity index (χ4n) is 1.45. The number of hydrogen-bond donors (Lipinski definition) is 0. The molecule has 0 saturated heterocycles. The molecule has 18 heavy (non-hydrogen) atoms. The molecule has 0 aromatic rings. The summed E-state index contributed by atoms with van der Waals surface area (Å²) in [4.78, 5) is 0. The van der Waals surface area contributed by atoms with Crippen LogP contribution in [0.4, 0.5) is 0 Å². The summed E-state index contributed by atoms with van der Waals surface area (Å²) in [5, 5.41) is 11.9. The van der Waals surface area contributed by atoms with Crippen molar-refractivity contribution in [3.05, 3.63) is 0 Å². The maximum absolute atomic E-state index is 12.7. The minimum absolute atomic E-state index is 0.178. The molecule has 0 atom stereocenters. The first kappa shape index (κ1) is 18.1. The van der Waals surface area contributed by atoms with Crippen molar-refractivity contribution in [1.82, 2.24) is 5.06 Å². The van der Waals surface area contributed by atoms with E-state index in [0.717, 1.165) is 5.06 Å². The van der Waals surface area contributed by atoms with Gasteiger partial charge in [-0.3, -0.25) is 4.57 Å². The Morgan fingerprint density at radius 3 is 1.67 bits per heavy atom. The third-order valence-electron chi connectivity index (χ3n) is 2.50. The van der Waals surface area contributed by atoms with Crippen molar-refractivity contribution in [2.45, 2.75) is 53.7 Å². The highest BCUT2D eigenvalue weighted by molar-refractivity contribution is 7.55. The lowest BCUT2D eigenvalue weighted by Crippen LogP contribution is -2.45. The molecular formula is C12H27NO4P. The van der Waals surface area contributed by atoms with Crippen LogP contribution in [0.15, 0.2) is 0 Å². The van der Waals surface area contributed by atoms with Crippen molar-refractivity contribution in [1.29, 1.82) is 0 Å². The second-order valence-corrected chi connectivity index (χ2v) is 8.53. The molecule has 0 heterocycles. The summed E-state index contributed by atoms with van der Waals surface area (Å²) >= 11 is 0. The predicted molar refractivity (Wildman–Crippen MR) is 71.8 cm³/mol. The van der Waals surface area contributed by atoms with Gasteiger partial charge in [-0.2, -0.15) is 0 Å². The van der Waals surface area contributed by atoms with Crippen molar-refractivity contribution in [2.24, 2.45) is 5.41 Å². The molecule has 0 N–H and O–H groups in total. The average molecular weight is 280 g/mol. The standard InChI is InChI=1S/C12H27NO4P/c1-8-16-18(15,17-9-2)12(6,7)13(14)10-11(3,4)5/h8-10H2,1-7H3. The molecule has 0 unspecified atom stereocenters. The van der Waals surface area contributed by atoms with E-state index in [2.05, 4.69) is 0 Å². The van der Waals surface area contributed by atoms with Crippen LogP contribution in [-0.2, 0) is 18.8 Å². The highest BCUT2D eigenvalue weighted by Gasteiger charge is 2.49. The normalized spacial score (nSPS) is 14.3. The van der Waals surface area contributed by atoms with E-state index in [1.165, 1.54) is 0 Å². The molecule has 109 valence electrons. The van der Waals surface area contributed by atoms with Gasteiger partial charge in [0.1, 0.15) is 5.28 Å². The molecule has 0 aliphatic rings. The van der Waals surface area contributed by atoms with Gasteiger partial charge in [-0.1, -0.05) is 20.8 Å². The first-order valence-corrected chi connectivity index (χ1v) is 7.88. The van der Waals surface area contributed by atoms with Crippen LogP contribution < -0.4 is 0 Å². The van der Waals surface area contributed by atoms with Crippen molar-refractivity contribution >= 4 is 7.60 Å². The van der Waals surface area contributed by atoms with Gasteiger partial charge in [0.15, 0.2) is 0 Å². The minimum Gasteiger partial charge on any atom is -0.308 e. The summed E-state index contributed by atoms with van der Waals surface area (Å²) in [6.07, 6.45) is 0. The molecule has 0 amide bonds. The number of hydrogen-bond acceptors (Lipinski definition) is 4. The van der Waals surface area contributed by atoms with Gasteiger partial charge in [-0.05, 0) is 33.1 Å². The van der Waals surface area contributed by atoms with Crippen molar-refractivity contribution in [3.8, 4) is 0 Å². The molecule has 0 spiro atoms. The Morgan fingerprint density at radius 1 is 1.00 bits per heavy atom. The Hall–Kier alpha value is 0.0700. The van der Waals surface area contributed by atoms with Crippen LogP contribution in [0, 0.1) is 5.41 Å². The molecule has 0 saturated carbocycles. The second-order valence-electron chi connectivity index (χ2n) is 5.92. The van der Waals surface area contributed by atoms with Crippen LogP contribution in [0.1, 0.15) is 48.5 Å². The highest BCUT2D eigenvalue weighted by atomic mass is 31.2. The van der Waals surface area contributed by atoms with Crippen molar-refractivity contribution in [2.75, 3.05) is 19.8 Å². The van der Waals surface area contributed by atoms with Gasteiger partial charge in [-0.25, -0.2) is 0 Å². The number of hydroxylamine groups is 2. The minimum atomic E-state index is -3.45. The largest absolute Gasteiger partial charge is 0.352 e. The zero-order chi connectivity index (χ0) is 14.6. The van der Waals surface area contributed by atoms with E-state index in [0.29, 0.717) is 0 Å². The van der Waals surface area contributed by atoms with Crippen LogP contribution in [0.5, 0.6) is 0 Å². The quantitative estimate of drug-likeness (QED) is 0.527. The van der Waals surface area contributed by atoms with E-state index in [9.17, 15) is 9.77 Å². The van der Waals surface area contributed by atoms with Gasteiger partial charge in [0.25, 0.3) is 0 Å². The summed E-state index contributed by atoms with van der Waals surface area (Å²) in [7, 11) is -3.45. The maximum Gasteiger partial charge on any atom is 0.352 e. The molecule has 0 rings (SSSR count). The maximum atomic E-state index is 12.7. The van der Waals surface area contributed by atoms with E-state index >= 15 is 0 Å². The van der Waals surface area contributed by atoms with Crippen LogP contribution in [0.3, 0.4) is 0 Å². The van der Waals surface area contributed by atoms with Gasteiger partial charge >= 0.3 is 7.60 Å². The van der Waals surface area contributed by atoms with Gasteiger partial charge < -0.3 is 9.05 Å². The Balaban J connectivity index is 5.11. The van der Waals surface area contributed by atoms with Crippen LogP contribution >= 0.6 is 7.60 Å². The average Bonchev–Trinajstić information content (AvgIpc) is 2.15. The lowest BCUT2D eigenvalue weighted by molar-refractivity contribution is -0.211. The van der Waals surface area contributed by atoms with E-state index < -0.39 is 12.9 Å². The summed E-state index contributed by atoms with van der Waals surface area (Å²) in [6.45, 7) is 13.3. The molecule has 5 nitrogen and oxygen atoms in total. The lowest BCUT2D eigenvalue weighted by atomic mass is 9.96. The Kier molecular flexibility index (Phi) is 6.51. The monoisotopic (exact) mass is 280 g/mol. The van der Waals surface area contributed by atoms with E-state index in [4.69, 9.17) is 9.05 Å². The molecule has 1 radical (unpaired) electrons. The lowest BCUT2D eigenvalue weighted by Gasteiger charge is -2.39. The highest BCUT2D eigenvalue weighted by Crippen LogP contribution is 2.61. The van der Waals surface area contributed by atoms with Crippen LogP contribution in [0.25, 0.3) is 0 Å². The second kappa shape index (κ2) is 6.49. The number of rotatable bonds is 7. The molecule has 0 fully saturated rings. The van der Waals surface area contributed by atoms with Gasteiger partial charge in [0.05, 0.1) is 13.2 Å². The molecular weight excluding hydrogens is 253 g/mol. The van der Waals surface area contributed by atoms with E-state index in [1.807, 2.05) is 20.8 Å². The third-order valence-corrected chi connectivity index (χ3v) is 5.26. The molecule has 0 aliphatic heterocycles.